The standard InChI is InChI=1S/C14H21NOSi/c1-17(2)14(9-6-10-15-17)13(11-16)12-7-4-3-5-8-12/h3-5,7-8,15-16H,6,9-11H2,1-2H3/b14-13+. The molecule has 0 unspecified atom stereocenters. The van der Waals surface area contributed by atoms with Crippen LogP contribution in [0.15, 0.2) is 35.5 Å². The highest BCUT2D eigenvalue weighted by molar-refractivity contribution is 6.83. The predicted octanol–water partition coefficient (Wildman–Crippen LogP) is 2.56. The van der Waals surface area contributed by atoms with E-state index in [1.54, 1.807) is 0 Å². The maximum absolute atomic E-state index is 9.70. The lowest BCUT2D eigenvalue weighted by Crippen LogP contribution is -2.51. The van der Waals surface area contributed by atoms with Gasteiger partial charge in [-0.2, -0.15) is 0 Å². The number of rotatable bonds is 2. The van der Waals surface area contributed by atoms with Gasteiger partial charge < -0.3 is 10.1 Å². The number of nitrogens with one attached hydrogen (secondary N) is 1. The molecular formula is C14H21NOSi. The van der Waals surface area contributed by atoms with Crippen molar-refractivity contribution in [3.63, 3.8) is 0 Å². The number of benzene rings is 1. The average Bonchev–Trinajstić information content (AvgIpc) is 2.33. The first-order chi connectivity index (χ1) is 8.15. The Morgan fingerprint density at radius 1 is 1.29 bits per heavy atom. The van der Waals surface area contributed by atoms with Gasteiger partial charge in [-0.15, -0.1) is 0 Å². The van der Waals surface area contributed by atoms with Crippen LogP contribution in [-0.4, -0.2) is 26.5 Å². The fraction of sp³-hybridized carbons (Fsp3) is 0.429. The van der Waals surface area contributed by atoms with E-state index in [1.807, 2.05) is 18.2 Å². The lowest BCUT2D eigenvalue weighted by Gasteiger charge is -2.34. The lowest BCUT2D eigenvalue weighted by atomic mass is 10.0. The quantitative estimate of drug-likeness (QED) is 0.787. The maximum atomic E-state index is 9.70. The van der Waals surface area contributed by atoms with Gasteiger partial charge in [0.25, 0.3) is 0 Å². The van der Waals surface area contributed by atoms with Gasteiger partial charge in [0.1, 0.15) is 8.24 Å². The van der Waals surface area contributed by atoms with Gasteiger partial charge in [0, 0.05) is 0 Å². The summed E-state index contributed by atoms with van der Waals surface area (Å²) in [5.41, 5.74) is 2.32. The molecule has 1 saturated heterocycles. The molecule has 0 bridgehead atoms. The highest BCUT2D eigenvalue weighted by Crippen LogP contribution is 2.30. The predicted molar refractivity (Wildman–Crippen MR) is 75.2 cm³/mol. The van der Waals surface area contributed by atoms with E-state index in [0.717, 1.165) is 18.5 Å². The monoisotopic (exact) mass is 247 g/mol. The normalized spacial score (nSPS) is 22.3. The fourth-order valence-corrected chi connectivity index (χ4v) is 5.41. The summed E-state index contributed by atoms with van der Waals surface area (Å²) in [6.07, 6.45) is 2.32. The maximum Gasteiger partial charge on any atom is 0.147 e. The molecule has 2 N–H and O–H groups in total. The highest BCUT2D eigenvalue weighted by Gasteiger charge is 2.31. The van der Waals surface area contributed by atoms with Crippen molar-refractivity contribution < 1.29 is 5.11 Å². The van der Waals surface area contributed by atoms with E-state index in [9.17, 15) is 5.11 Å². The summed E-state index contributed by atoms with van der Waals surface area (Å²) in [5.74, 6) is 0. The number of hydrogen-bond donors (Lipinski definition) is 2. The Labute approximate surface area is 104 Å². The zero-order chi connectivity index (χ0) is 12.3. The van der Waals surface area contributed by atoms with E-state index in [-0.39, 0.29) is 6.61 Å². The summed E-state index contributed by atoms with van der Waals surface area (Å²) < 4.78 is 0. The van der Waals surface area contributed by atoms with Crippen LogP contribution in [0, 0.1) is 0 Å². The molecular weight excluding hydrogens is 226 g/mol. The molecule has 0 atom stereocenters. The molecule has 3 heteroatoms. The molecule has 0 aliphatic carbocycles. The second kappa shape index (κ2) is 5.17. The Hall–Kier alpha value is -0.903. The molecule has 1 aromatic carbocycles. The Morgan fingerprint density at radius 2 is 2.00 bits per heavy atom. The fourth-order valence-electron chi connectivity index (χ4n) is 2.61. The van der Waals surface area contributed by atoms with Gasteiger partial charge >= 0.3 is 0 Å². The number of aliphatic hydroxyl groups excluding tert-OH is 1. The SMILES string of the molecule is C[Si]1(C)NCCC/C1=C(/CO)c1ccccc1. The molecule has 0 saturated carbocycles. The van der Waals surface area contributed by atoms with Gasteiger partial charge in [-0.05, 0) is 30.5 Å². The van der Waals surface area contributed by atoms with E-state index < -0.39 is 8.24 Å². The van der Waals surface area contributed by atoms with Gasteiger partial charge in [-0.25, -0.2) is 0 Å². The third-order valence-electron chi connectivity index (χ3n) is 3.57. The van der Waals surface area contributed by atoms with Crippen LogP contribution >= 0.6 is 0 Å². The molecule has 1 aromatic rings. The number of aliphatic hydroxyl groups is 1. The minimum Gasteiger partial charge on any atom is -0.392 e. The van der Waals surface area contributed by atoms with Crippen LogP contribution in [-0.2, 0) is 0 Å². The Balaban J connectivity index is 2.45. The van der Waals surface area contributed by atoms with Crippen molar-refractivity contribution >= 4 is 13.8 Å². The van der Waals surface area contributed by atoms with Crippen LogP contribution in [0.1, 0.15) is 18.4 Å². The van der Waals surface area contributed by atoms with Crippen LogP contribution in [0.5, 0.6) is 0 Å². The van der Waals surface area contributed by atoms with Gasteiger partial charge in [0.2, 0.25) is 0 Å². The third kappa shape index (κ3) is 2.68. The zero-order valence-corrected chi connectivity index (χ0v) is 11.7. The van der Waals surface area contributed by atoms with Crippen LogP contribution in [0.25, 0.3) is 5.57 Å². The molecule has 0 spiro atoms. The molecule has 1 aliphatic rings. The van der Waals surface area contributed by atoms with Gasteiger partial charge in [0.15, 0.2) is 0 Å². The average molecular weight is 247 g/mol. The second-order valence-corrected chi connectivity index (χ2v) is 9.34. The molecule has 1 heterocycles. The first-order valence-electron chi connectivity index (χ1n) is 6.29. The van der Waals surface area contributed by atoms with E-state index in [1.165, 1.54) is 17.2 Å². The molecule has 1 fully saturated rings. The number of hydrogen-bond acceptors (Lipinski definition) is 2. The number of allylic oxidation sites excluding steroid dienone is 1. The van der Waals surface area contributed by atoms with Gasteiger partial charge in [0.05, 0.1) is 6.61 Å². The molecule has 0 radical (unpaired) electrons. The summed E-state index contributed by atoms with van der Waals surface area (Å²) in [4.78, 5) is 3.66. The van der Waals surface area contributed by atoms with E-state index in [4.69, 9.17) is 0 Å². The summed E-state index contributed by atoms with van der Waals surface area (Å²) in [5, 5.41) is 11.2. The van der Waals surface area contributed by atoms with Crippen molar-refractivity contribution in [3.8, 4) is 0 Å². The van der Waals surface area contributed by atoms with Gasteiger partial charge in [-0.1, -0.05) is 48.6 Å². The van der Waals surface area contributed by atoms with Gasteiger partial charge in [-0.3, -0.25) is 0 Å². The molecule has 17 heavy (non-hydrogen) atoms. The van der Waals surface area contributed by atoms with Crippen molar-refractivity contribution in [2.75, 3.05) is 13.2 Å². The van der Waals surface area contributed by atoms with Crippen molar-refractivity contribution in [1.29, 1.82) is 0 Å². The topological polar surface area (TPSA) is 32.3 Å². The minimum atomic E-state index is -1.52. The molecule has 2 nitrogen and oxygen atoms in total. The molecule has 0 amide bonds. The molecule has 2 rings (SSSR count). The zero-order valence-electron chi connectivity index (χ0n) is 10.7. The van der Waals surface area contributed by atoms with E-state index >= 15 is 0 Å². The minimum absolute atomic E-state index is 0.150. The van der Waals surface area contributed by atoms with Crippen LogP contribution < -0.4 is 4.98 Å². The highest BCUT2D eigenvalue weighted by atomic mass is 28.3. The second-order valence-electron chi connectivity index (χ2n) is 5.14. The van der Waals surface area contributed by atoms with E-state index in [2.05, 4.69) is 30.2 Å². The van der Waals surface area contributed by atoms with Crippen LogP contribution in [0.2, 0.25) is 13.1 Å². The van der Waals surface area contributed by atoms with E-state index in [0.29, 0.717) is 0 Å². The first-order valence-corrected chi connectivity index (χ1v) is 9.29. The van der Waals surface area contributed by atoms with Crippen LogP contribution in [0.4, 0.5) is 0 Å². The summed E-state index contributed by atoms with van der Waals surface area (Å²) in [6.45, 7) is 5.94. The molecule has 0 aromatic heterocycles. The Kier molecular flexibility index (Phi) is 3.81. The largest absolute Gasteiger partial charge is 0.392 e. The summed E-state index contributed by atoms with van der Waals surface area (Å²) >= 11 is 0. The van der Waals surface area contributed by atoms with Crippen molar-refractivity contribution in [2.24, 2.45) is 0 Å². The Morgan fingerprint density at radius 3 is 2.59 bits per heavy atom. The summed E-state index contributed by atoms with van der Waals surface area (Å²) in [7, 11) is -1.52. The van der Waals surface area contributed by atoms with Crippen molar-refractivity contribution in [3.05, 3.63) is 41.1 Å². The lowest BCUT2D eigenvalue weighted by molar-refractivity contribution is 0.349. The summed E-state index contributed by atoms with van der Waals surface area (Å²) in [6, 6.07) is 10.3. The molecule has 92 valence electrons. The third-order valence-corrected chi connectivity index (χ3v) is 6.76. The smallest absolute Gasteiger partial charge is 0.147 e. The van der Waals surface area contributed by atoms with Crippen molar-refractivity contribution in [1.82, 2.24) is 4.98 Å². The molecule has 1 aliphatic heterocycles. The van der Waals surface area contributed by atoms with Crippen LogP contribution in [0.3, 0.4) is 0 Å². The first kappa shape index (κ1) is 12.6. The Bertz CT molecular complexity index is 411. The van der Waals surface area contributed by atoms with Crippen molar-refractivity contribution in [2.45, 2.75) is 25.9 Å².